The van der Waals surface area contributed by atoms with E-state index in [2.05, 4.69) is 5.32 Å². The first-order valence-electron chi connectivity index (χ1n) is 5.48. The van der Waals surface area contributed by atoms with Crippen LogP contribution >= 0.6 is 0 Å². The van der Waals surface area contributed by atoms with Crippen LogP contribution in [-0.4, -0.2) is 54.0 Å². The van der Waals surface area contributed by atoms with Crippen LogP contribution in [0.4, 0.5) is 4.79 Å². The zero-order valence-corrected chi connectivity index (χ0v) is 9.03. The number of carbonyl (C=O) groups is 1. The fraction of sp³-hybridized carbons (Fsp3) is 0.900. The number of aliphatic hydroxyl groups is 1. The monoisotopic (exact) mass is 214 g/mol. The van der Waals surface area contributed by atoms with E-state index >= 15 is 0 Å². The maximum Gasteiger partial charge on any atom is 0.317 e. The molecule has 1 atom stereocenters. The average molecular weight is 214 g/mol. The lowest BCUT2D eigenvalue weighted by Gasteiger charge is -2.46. The number of ether oxygens (including phenoxy) is 1. The Balaban J connectivity index is 1.74. The van der Waals surface area contributed by atoms with Crippen LogP contribution in [0.25, 0.3) is 0 Å². The van der Waals surface area contributed by atoms with Gasteiger partial charge in [0.15, 0.2) is 0 Å². The molecule has 2 fully saturated rings. The van der Waals surface area contributed by atoms with Crippen molar-refractivity contribution in [2.45, 2.75) is 31.4 Å². The first-order chi connectivity index (χ1) is 7.13. The second-order valence-electron chi connectivity index (χ2n) is 4.44. The van der Waals surface area contributed by atoms with Gasteiger partial charge in [0.1, 0.15) is 0 Å². The summed E-state index contributed by atoms with van der Waals surface area (Å²) < 4.78 is 5.17. The largest absolute Gasteiger partial charge is 0.386 e. The third-order valence-electron chi connectivity index (χ3n) is 3.17. The number of nitrogens with one attached hydrogen (secondary N) is 1. The Morgan fingerprint density at radius 1 is 1.67 bits per heavy atom. The van der Waals surface area contributed by atoms with Crippen LogP contribution in [0, 0.1) is 0 Å². The second-order valence-corrected chi connectivity index (χ2v) is 4.44. The Morgan fingerprint density at radius 3 is 2.93 bits per heavy atom. The van der Waals surface area contributed by atoms with Gasteiger partial charge in [0.05, 0.1) is 31.3 Å². The maximum atomic E-state index is 11.6. The van der Waals surface area contributed by atoms with Crippen molar-refractivity contribution in [3.63, 3.8) is 0 Å². The SMILES string of the molecule is CCC1(O)CN(C(=O)NC2CCOC2)C1. The van der Waals surface area contributed by atoms with E-state index in [-0.39, 0.29) is 12.1 Å². The van der Waals surface area contributed by atoms with Gasteiger partial charge in [-0.3, -0.25) is 0 Å². The van der Waals surface area contributed by atoms with Gasteiger partial charge in [0.25, 0.3) is 0 Å². The summed E-state index contributed by atoms with van der Waals surface area (Å²) in [5.41, 5.74) is -0.649. The van der Waals surface area contributed by atoms with Crippen LogP contribution in [0.15, 0.2) is 0 Å². The Labute approximate surface area is 89.4 Å². The molecule has 2 amide bonds. The molecule has 0 aromatic heterocycles. The van der Waals surface area contributed by atoms with Crippen molar-refractivity contribution in [2.75, 3.05) is 26.3 Å². The molecule has 2 saturated heterocycles. The summed E-state index contributed by atoms with van der Waals surface area (Å²) in [4.78, 5) is 13.3. The number of likely N-dealkylation sites (tertiary alicyclic amines) is 1. The van der Waals surface area contributed by atoms with Gasteiger partial charge in [-0.2, -0.15) is 0 Å². The van der Waals surface area contributed by atoms with E-state index in [1.54, 1.807) is 4.90 Å². The highest BCUT2D eigenvalue weighted by molar-refractivity contribution is 5.75. The van der Waals surface area contributed by atoms with Gasteiger partial charge >= 0.3 is 6.03 Å². The number of urea groups is 1. The summed E-state index contributed by atoms with van der Waals surface area (Å²) in [6, 6.07) is 0.0662. The van der Waals surface area contributed by atoms with Gasteiger partial charge in [-0.05, 0) is 12.8 Å². The molecule has 0 aromatic carbocycles. The van der Waals surface area contributed by atoms with Gasteiger partial charge < -0.3 is 20.1 Å². The van der Waals surface area contributed by atoms with Crippen LogP contribution in [0.3, 0.4) is 0 Å². The Bertz CT molecular complexity index is 245. The zero-order chi connectivity index (χ0) is 10.9. The van der Waals surface area contributed by atoms with Crippen molar-refractivity contribution in [2.24, 2.45) is 0 Å². The Hall–Kier alpha value is -0.810. The highest BCUT2D eigenvalue weighted by atomic mass is 16.5. The number of hydrogen-bond donors (Lipinski definition) is 2. The number of rotatable bonds is 2. The topological polar surface area (TPSA) is 61.8 Å². The quantitative estimate of drug-likeness (QED) is 0.677. The third-order valence-corrected chi connectivity index (χ3v) is 3.17. The van der Waals surface area contributed by atoms with E-state index in [0.717, 1.165) is 13.0 Å². The molecule has 2 aliphatic heterocycles. The molecule has 0 bridgehead atoms. The number of hydrogen-bond acceptors (Lipinski definition) is 3. The number of amides is 2. The van der Waals surface area contributed by atoms with E-state index in [0.29, 0.717) is 26.1 Å². The van der Waals surface area contributed by atoms with E-state index < -0.39 is 5.60 Å². The fourth-order valence-corrected chi connectivity index (χ4v) is 1.95. The van der Waals surface area contributed by atoms with Crippen molar-refractivity contribution in [3.8, 4) is 0 Å². The molecule has 0 radical (unpaired) electrons. The lowest BCUT2D eigenvalue weighted by Crippen LogP contribution is -2.65. The number of nitrogens with zero attached hydrogens (tertiary/aromatic N) is 1. The van der Waals surface area contributed by atoms with E-state index in [1.807, 2.05) is 6.92 Å². The molecular formula is C10H18N2O3. The average Bonchev–Trinajstić information content (AvgIpc) is 2.65. The molecule has 2 aliphatic rings. The highest BCUT2D eigenvalue weighted by Gasteiger charge is 2.42. The van der Waals surface area contributed by atoms with Gasteiger partial charge in [-0.1, -0.05) is 6.92 Å². The highest BCUT2D eigenvalue weighted by Crippen LogP contribution is 2.23. The van der Waals surface area contributed by atoms with Crippen LogP contribution in [0.2, 0.25) is 0 Å². The van der Waals surface area contributed by atoms with Gasteiger partial charge in [-0.25, -0.2) is 4.79 Å². The van der Waals surface area contributed by atoms with Gasteiger partial charge in [-0.15, -0.1) is 0 Å². The summed E-state index contributed by atoms with van der Waals surface area (Å²) in [6.07, 6.45) is 1.58. The minimum Gasteiger partial charge on any atom is -0.386 e. The minimum atomic E-state index is -0.649. The van der Waals surface area contributed by atoms with Crippen molar-refractivity contribution >= 4 is 6.03 Å². The first-order valence-corrected chi connectivity index (χ1v) is 5.48. The Kier molecular flexibility index (Phi) is 2.84. The molecule has 0 aliphatic carbocycles. The lowest BCUT2D eigenvalue weighted by molar-refractivity contribution is -0.0781. The second kappa shape index (κ2) is 3.98. The first kappa shape index (κ1) is 10.7. The minimum absolute atomic E-state index is 0.0800. The maximum absolute atomic E-state index is 11.6. The van der Waals surface area contributed by atoms with E-state index in [9.17, 15) is 9.90 Å². The molecule has 5 heteroatoms. The van der Waals surface area contributed by atoms with E-state index in [4.69, 9.17) is 4.74 Å². The molecule has 5 nitrogen and oxygen atoms in total. The standard InChI is InChI=1S/C10H18N2O3/c1-2-10(14)6-12(7-10)9(13)11-8-3-4-15-5-8/h8,14H,2-7H2,1H3,(H,11,13). The molecule has 86 valence electrons. The Morgan fingerprint density at radius 2 is 2.40 bits per heavy atom. The van der Waals surface area contributed by atoms with E-state index in [1.165, 1.54) is 0 Å². The van der Waals surface area contributed by atoms with Crippen molar-refractivity contribution in [1.29, 1.82) is 0 Å². The fourth-order valence-electron chi connectivity index (χ4n) is 1.95. The summed E-state index contributed by atoms with van der Waals surface area (Å²) in [5.74, 6) is 0. The molecule has 0 spiro atoms. The van der Waals surface area contributed by atoms with Crippen molar-refractivity contribution in [3.05, 3.63) is 0 Å². The van der Waals surface area contributed by atoms with Gasteiger partial charge in [0.2, 0.25) is 0 Å². The summed E-state index contributed by atoms with van der Waals surface area (Å²) in [5, 5.41) is 12.6. The summed E-state index contributed by atoms with van der Waals surface area (Å²) in [6.45, 7) is 4.16. The molecule has 15 heavy (non-hydrogen) atoms. The van der Waals surface area contributed by atoms with Crippen LogP contribution < -0.4 is 5.32 Å². The lowest BCUT2D eigenvalue weighted by atomic mass is 9.92. The molecule has 2 rings (SSSR count). The molecule has 2 heterocycles. The van der Waals surface area contributed by atoms with Crippen LogP contribution in [0.1, 0.15) is 19.8 Å². The number of β-amino-alcohol motifs (C(OH)–C–C–N with tert-alkyl or cyclic N) is 1. The third kappa shape index (κ3) is 2.23. The van der Waals surface area contributed by atoms with Crippen molar-refractivity contribution in [1.82, 2.24) is 10.2 Å². The van der Waals surface area contributed by atoms with Gasteiger partial charge in [0, 0.05) is 6.61 Å². The summed E-state index contributed by atoms with van der Waals surface area (Å²) >= 11 is 0. The summed E-state index contributed by atoms with van der Waals surface area (Å²) in [7, 11) is 0. The normalized spacial score (nSPS) is 28.7. The van der Waals surface area contributed by atoms with Crippen molar-refractivity contribution < 1.29 is 14.6 Å². The van der Waals surface area contributed by atoms with Crippen LogP contribution in [0.5, 0.6) is 0 Å². The smallest absolute Gasteiger partial charge is 0.317 e. The molecule has 0 aromatic rings. The van der Waals surface area contributed by atoms with Crippen LogP contribution in [-0.2, 0) is 4.74 Å². The number of carbonyl (C=O) groups excluding carboxylic acids is 1. The zero-order valence-electron chi connectivity index (χ0n) is 9.03. The molecule has 0 saturated carbocycles. The predicted molar refractivity (Wildman–Crippen MR) is 54.6 cm³/mol. The molecule has 2 N–H and O–H groups in total. The molecule has 1 unspecified atom stereocenters. The predicted octanol–water partition coefficient (Wildman–Crippen LogP) is -0.0584. The molecular weight excluding hydrogens is 196 g/mol.